The van der Waals surface area contributed by atoms with Gasteiger partial charge >= 0.3 is 0 Å². The molecule has 1 aromatic rings. The number of nitrogens with zero attached hydrogens (tertiary/aromatic N) is 2. The number of amides is 1. The zero-order valence-electron chi connectivity index (χ0n) is 9.79. The zero-order chi connectivity index (χ0) is 11.5. The maximum Gasteiger partial charge on any atom is 0.237 e. The summed E-state index contributed by atoms with van der Waals surface area (Å²) in [4.78, 5) is 11.5. The highest BCUT2D eigenvalue weighted by Crippen LogP contribution is 2.07. The molecule has 5 nitrogen and oxygen atoms in total. The van der Waals surface area contributed by atoms with Crippen LogP contribution in [0.15, 0.2) is 6.20 Å². The van der Waals surface area contributed by atoms with Crippen LogP contribution in [0.25, 0.3) is 0 Å². The van der Waals surface area contributed by atoms with Gasteiger partial charge in [-0.1, -0.05) is 0 Å². The van der Waals surface area contributed by atoms with Crippen LogP contribution in [0.1, 0.15) is 24.1 Å². The number of carbonyl (C=O) groups excluding carboxylic acids is 1. The predicted molar refractivity (Wildman–Crippen MR) is 60.8 cm³/mol. The molecule has 1 unspecified atom stereocenters. The molecule has 1 amide bonds. The minimum atomic E-state index is -0.0478. The van der Waals surface area contributed by atoms with Crippen molar-refractivity contribution in [2.24, 2.45) is 7.05 Å². The summed E-state index contributed by atoms with van der Waals surface area (Å²) in [7, 11) is 1.91. The van der Waals surface area contributed by atoms with Crippen LogP contribution in [-0.2, 0) is 18.4 Å². The van der Waals surface area contributed by atoms with Crippen LogP contribution in [-0.4, -0.2) is 28.3 Å². The minimum absolute atomic E-state index is 0.0478. The number of hydrogen-bond donors (Lipinski definition) is 2. The van der Waals surface area contributed by atoms with Crippen LogP contribution in [0.4, 0.5) is 0 Å². The molecule has 0 saturated carbocycles. The molecule has 1 aliphatic rings. The molecule has 0 aromatic carbocycles. The minimum Gasteiger partial charge on any atom is -0.355 e. The van der Waals surface area contributed by atoms with Crippen molar-refractivity contribution < 1.29 is 4.79 Å². The fourth-order valence-electron chi connectivity index (χ4n) is 2.02. The zero-order valence-corrected chi connectivity index (χ0v) is 9.79. The van der Waals surface area contributed by atoms with Crippen LogP contribution >= 0.6 is 0 Å². The first-order chi connectivity index (χ1) is 7.66. The van der Waals surface area contributed by atoms with Crippen LogP contribution in [0.5, 0.6) is 0 Å². The Morgan fingerprint density at radius 3 is 3.12 bits per heavy atom. The Morgan fingerprint density at radius 1 is 1.69 bits per heavy atom. The van der Waals surface area contributed by atoms with Crippen LogP contribution in [0.3, 0.4) is 0 Å². The molecule has 16 heavy (non-hydrogen) atoms. The van der Waals surface area contributed by atoms with E-state index in [1.165, 1.54) is 0 Å². The van der Waals surface area contributed by atoms with Crippen molar-refractivity contribution in [3.63, 3.8) is 0 Å². The molecule has 88 valence electrons. The van der Waals surface area contributed by atoms with E-state index in [0.29, 0.717) is 6.54 Å². The SMILES string of the molecule is Cc1nn(C)cc1CNC1CCCNC1=O. The molecular weight excluding hydrogens is 204 g/mol. The largest absolute Gasteiger partial charge is 0.355 e. The second-order valence-corrected chi connectivity index (χ2v) is 4.28. The molecule has 0 spiro atoms. The van der Waals surface area contributed by atoms with E-state index in [-0.39, 0.29) is 11.9 Å². The number of rotatable bonds is 3. The van der Waals surface area contributed by atoms with E-state index in [2.05, 4.69) is 15.7 Å². The van der Waals surface area contributed by atoms with Crippen molar-refractivity contribution in [2.45, 2.75) is 32.4 Å². The molecular formula is C11H18N4O. The third-order valence-corrected chi connectivity index (χ3v) is 2.94. The molecule has 0 radical (unpaired) electrons. The van der Waals surface area contributed by atoms with Crippen molar-refractivity contribution in [1.82, 2.24) is 20.4 Å². The number of nitrogens with one attached hydrogen (secondary N) is 2. The maximum absolute atomic E-state index is 11.5. The number of carbonyl (C=O) groups is 1. The average Bonchev–Trinajstić information content (AvgIpc) is 2.56. The lowest BCUT2D eigenvalue weighted by Crippen LogP contribution is -2.47. The molecule has 1 fully saturated rings. The van der Waals surface area contributed by atoms with E-state index < -0.39 is 0 Å². The van der Waals surface area contributed by atoms with Crippen molar-refractivity contribution in [1.29, 1.82) is 0 Å². The summed E-state index contributed by atoms with van der Waals surface area (Å²) < 4.78 is 1.80. The van der Waals surface area contributed by atoms with Gasteiger partial charge in [0, 0.05) is 31.9 Å². The lowest BCUT2D eigenvalue weighted by molar-refractivity contribution is -0.124. The summed E-state index contributed by atoms with van der Waals surface area (Å²) in [6.07, 6.45) is 3.96. The summed E-state index contributed by atoms with van der Waals surface area (Å²) in [5, 5.41) is 10.4. The molecule has 0 bridgehead atoms. The first-order valence-corrected chi connectivity index (χ1v) is 5.67. The third-order valence-electron chi connectivity index (χ3n) is 2.94. The van der Waals surface area contributed by atoms with Crippen molar-refractivity contribution in [3.05, 3.63) is 17.5 Å². The topological polar surface area (TPSA) is 59.0 Å². The van der Waals surface area contributed by atoms with Crippen molar-refractivity contribution in [3.8, 4) is 0 Å². The fourth-order valence-corrected chi connectivity index (χ4v) is 2.02. The molecule has 5 heteroatoms. The van der Waals surface area contributed by atoms with Crippen LogP contribution in [0.2, 0.25) is 0 Å². The second kappa shape index (κ2) is 4.65. The molecule has 1 aromatic heterocycles. The van der Waals surface area contributed by atoms with Gasteiger partial charge in [0.1, 0.15) is 0 Å². The van der Waals surface area contributed by atoms with E-state index in [9.17, 15) is 4.79 Å². The van der Waals surface area contributed by atoms with Gasteiger partial charge in [-0.15, -0.1) is 0 Å². The Kier molecular flexibility index (Phi) is 3.24. The summed E-state index contributed by atoms with van der Waals surface area (Å²) in [6, 6.07) is -0.0478. The molecule has 0 aliphatic carbocycles. The van der Waals surface area contributed by atoms with Gasteiger partial charge in [-0.05, 0) is 19.8 Å². The molecule has 2 heterocycles. The Labute approximate surface area is 95.2 Å². The number of aryl methyl sites for hydroxylation is 2. The smallest absolute Gasteiger partial charge is 0.237 e. The van der Waals surface area contributed by atoms with Gasteiger partial charge in [0.2, 0.25) is 5.91 Å². The number of hydrogen-bond acceptors (Lipinski definition) is 3. The third kappa shape index (κ3) is 2.41. The first-order valence-electron chi connectivity index (χ1n) is 5.67. The number of aromatic nitrogens is 2. The van der Waals surface area contributed by atoms with Gasteiger partial charge in [0.25, 0.3) is 0 Å². The lowest BCUT2D eigenvalue weighted by atomic mass is 10.1. The highest BCUT2D eigenvalue weighted by Gasteiger charge is 2.21. The normalized spacial score (nSPS) is 20.9. The maximum atomic E-state index is 11.5. The quantitative estimate of drug-likeness (QED) is 0.762. The number of piperidine rings is 1. The summed E-state index contributed by atoms with van der Waals surface area (Å²) in [5.41, 5.74) is 2.17. The van der Waals surface area contributed by atoms with Crippen molar-refractivity contribution in [2.75, 3.05) is 6.54 Å². The molecule has 2 rings (SSSR count). The van der Waals surface area contributed by atoms with Gasteiger partial charge in [-0.2, -0.15) is 5.10 Å². The molecule has 1 aliphatic heterocycles. The average molecular weight is 222 g/mol. The second-order valence-electron chi connectivity index (χ2n) is 4.28. The summed E-state index contributed by atoms with van der Waals surface area (Å²) in [5.74, 6) is 0.118. The van der Waals surface area contributed by atoms with Gasteiger partial charge in [-0.3, -0.25) is 9.48 Å². The Bertz CT molecular complexity index is 385. The summed E-state index contributed by atoms with van der Waals surface area (Å²) in [6.45, 7) is 3.50. The van der Waals surface area contributed by atoms with E-state index >= 15 is 0 Å². The van der Waals surface area contributed by atoms with Gasteiger partial charge in [0.05, 0.1) is 11.7 Å². The van der Waals surface area contributed by atoms with E-state index in [0.717, 1.165) is 30.6 Å². The van der Waals surface area contributed by atoms with E-state index in [1.807, 2.05) is 20.2 Å². The monoisotopic (exact) mass is 222 g/mol. The fraction of sp³-hybridized carbons (Fsp3) is 0.636. The predicted octanol–water partition coefficient (Wildman–Crippen LogP) is 0.0967. The Morgan fingerprint density at radius 2 is 2.50 bits per heavy atom. The lowest BCUT2D eigenvalue weighted by Gasteiger charge is -2.22. The summed E-state index contributed by atoms with van der Waals surface area (Å²) >= 11 is 0. The van der Waals surface area contributed by atoms with Gasteiger partial charge < -0.3 is 10.6 Å². The van der Waals surface area contributed by atoms with Gasteiger partial charge in [-0.25, -0.2) is 0 Å². The highest BCUT2D eigenvalue weighted by atomic mass is 16.2. The first kappa shape index (κ1) is 11.1. The molecule has 1 atom stereocenters. The van der Waals surface area contributed by atoms with E-state index in [4.69, 9.17) is 0 Å². The van der Waals surface area contributed by atoms with Crippen molar-refractivity contribution >= 4 is 5.91 Å². The highest BCUT2D eigenvalue weighted by molar-refractivity contribution is 5.82. The van der Waals surface area contributed by atoms with Gasteiger partial charge in [0.15, 0.2) is 0 Å². The van der Waals surface area contributed by atoms with E-state index in [1.54, 1.807) is 4.68 Å². The van der Waals surface area contributed by atoms with Crippen LogP contribution in [0, 0.1) is 6.92 Å². The van der Waals surface area contributed by atoms with Crippen LogP contribution < -0.4 is 10.6 Å². The molecule has 1 saturated heterocycles. The Balaban J connectivity index is 1.91. The molecule has 2 N–H and O–H groups in total. The standard InChI is InChI=1S/C11H18N4O/c1-8-9(7-15(2)14-8)6-13-10-4-3-5-12-11(10)16/h7,10,13H,3-6H2,1-2H3,(H,12,16). The Hall–Kier alpha value is -1.36.